The third-order valence-corrected chi connectivity index (χ3v) is 2.93. The fourth-order valence-electron chi connectivity index (χ4n) is 2.10. The molecule has 1 heterocycles. The first-order valence-corrected chi connectivity index (χ1v) is 5.62. The van der Waals surface area contributed by atoms with Crippen molar-refractivity contribution in [3.05, 3.63) is 0 Å². The molecule has 1 aliphatic rings. The smallest absolute Gasteiger partial charge is 0.435 e. The molecule has 1 fully saturated rings. The van der Waals surface area contributed by atoms with Gasteiger partial charge in [-0.05, 0) is 27.7 Å². The molecule has 6 heteroatoms. The van der Waals surface area contributed by atoms with E-state index in [1.807, 2.05) is 0 Å². The van der Waals surface area contributed by atoms with E-state index in [9.17, 15) is 19.8 Å². The number of quaternary nitrogens is 1. The molecule has 0 aromatic rings. The maximum absolute atomic E-state index is 12.0. The minimum atomic E-state index is -1.27. The molecule has 0 aliphatic carbocycles. The molecule has 1 rings (SSSR count). The standard InChI is InChI=1S/C11H19NO5/c1-7-5-8(13)6-12(7,9(14)15)10(16)17-11(2,3)4/h7-8,13H,5-6H2,1-4H3/p+1/t7-,8+,12?/m0/s1. The molecule has 0 aromatic heterocycles. The number of hydrogen-bond donors (Lipinski definition) is 2. The molecule has 2 amide bonds. The molecule has 6 nitrogen and oxygen atoms in total. The lowest BCUT2D eigenvalue weighted by molar-refractivity contribution is -0.797. The van der Waals surface area contributed by atoms with Crippen LogP contribution in [0.15, 0.2) is 0 Å². The van der Waals surface area contributed by atoms with Crippen molar-refractivity contribution in [2.24, 2.45) is 0 Å². The van der Waals surface area contributed by atoms with Crippen molar-refractivity contribution in [3.63, 3.8) is 0 Å². The van der Waals surface area contributed by atoms with Gasteiger partial charge >= 0.3 is 12.2 Å². The van der Waals surface area contributed by atoms with Crippen molar-refractivity contribution in [2.75, 3.05) is 6.54 Å². The summed E-state index contributed by atoms with van der Waals surface area (Å²) in [5.74, 6) is 0. The van der Waals surface area contributed by atoms with Crippen molar-refractivity contribution >= 4 is 12.2 Å². The number of aliphatic hydroxyl groups excluding tert-OH is 1. The Hall–Kier alpha value is -1.14. The summed E-state index contributed by atoms with van der Waals surface area (Å²) in [4.78, 5) is 23.4. The Balaban J connectivity index is 3.02. The van der Waals surface area contributed by atoms with Gasteiger partial charge in [-0.2, -0.15) is 9.59 Å². The van der Waals surface area contributed by atoms with Gasteiger partial charge in [-0.25, -0.2) is 0 Å². The topological polar surface area (TPSA) is 83.8 Å². The highest BCUT2D eigenvalue weighted by atomic mass is 16.6. The molecule has 2 N–H and O–H groups in total. The van der Waals surface area contributed by atoms with Crippen LogP contribution < -0.4 is 0 Å². The van der Waals surface area contributed by atoms with E-state index in [4.69, 9.17) is 4.74 Å². The molecule has 1 unspecified atom stereocenters. The second-order valence-corrected chi connectivity index (χ2v) is 5.55. The van der Waals surface area contributed by atoms with E-state index in [0.29, 0.717) is 0 Å². The lowest BCUT2D eigenvalue weighted by Crippen LogP contribution is -2.60. The number of nitrogens with zero attached hydrogens (tertiary/aromatic N) is 1. The molecule has 3 atom stereocenters. The highest BCUT2D eigenvalue weighted by Crippen LogP contribution is 2.30. The van der Waals surface area contributed by atoms with E-state index in [2.05, 4.69) is 0 Å². The highest BCUT2D eigenvalue weighted by molar-refractivity contribution is 5.76. The van der Waals surface area contributed by atoms with Crippen LogP contribution in [0.3, 0.4) is 0 Å². The van der Waals surface area contributed by atoms with Gasteiger partial charge in [0.25, 0.3) is 0 Å². The first-order valence-electron chi connectivity index (χ1n) is 5.62. The predicted octanol–water partition coefficient (Wildman–Crippen LogP) is 1.57. The molecule has 1 saturated heterocycles. The zero-order valence-corrected chi connectivity index (χ0v) is 10.6. The summed E-state index contributed by atoms with van der Waals surface area (Å²) in [5, 5.41) is 18.8. The van der Waals surface area contributed by atoms with Crippen LogP contribution in [0.25, 0.3) is 0 Å². The summed E-state index contributed by atoms with van der Waals surface area (Å²) in [6, 6.07) is -0.489. The van der Waals surface area contributed by atoms with E-state index in [1.165, 1.54) is 0 Å². The zero-order chi connectivity index (χ0) is 13.4. The number of hydrogen-bond acceptors (Lipinski definition) is 4. The van der Waals surface area contributed by atoms with Crippen LogP contribution in [0.4, 0.5) is 9.59 Å². The Bertz CT molecular complexity index is 335. The largest absolute Gasteiger partial charge is 0.527 e. The van der Waals surface area contributed by atoms with Gasteiger partial charge in [-0.15, -0.1) is 4.48 Å². The van der Waals surface area contributed by atoms with Crippen molar-refractivity contribution < 1.29 is 29.0 Å². The summed E-state index contributed by atoms with van der Waals surface area (Å²) in [6.07, 6.45) is -2.59. The lowest BCUT2D eigenvalue weighted by atomic mass is 10.2. The van der Waals surface area contributed by atoms with Gasteiger partial charge in [-0.3, -0.25) is 0 Å². The van der Waals surface area contributed by atoms with Crippen molar-refractivity contribution in [1.29, 1.82) is 0 Å². The Morgan fingerprint density at radius 1 is 1.35 bits per heavy atom. The molecular formula is C11H20NO5+. The quantitative estimate of drug-likeness (QED) is 0.634. The number of likely N-dealkylation sites (tertiary alicyclic amines) is 1. The third kappa shape index (κ3) is 2.58. The maximum Gasteiger partial charge on any atom is 0.527 e. The van der Waals surface area contributed by atoms with Crippen LogP contribution in [0.2, 0.25) is 0 Å². The second kappa shape index (κ2) is 4.27. The molecule has 0 aromatic carbocycles. The van der Waals surface area contributed by atoms with Crippen molar-refractivity contribution in [1.82, 2.24) is 0 Å². The zero-order valence-electron chi connectivity index (χ0n) is 10.6. The SMILES string of the molecule is C[C@H]1C[C@@H](O)C[N+]1(C(=O)O)C(=O)OC(C)(C)C. The molecular weight excluding hydrogens is 226 g/mol. The molecule has 17 heavy (non-hydrogen) atoms. The number of carbonyl (C=O) groups is 2. The lowest BCUT2D eigenvalue weighted by Gasteiger charge is -2.31. The van der Waals surface area contributed by atoms with Crippen LogP contribution >= 0.6 is 0 Å². The first kappa shape index (κ1) is 13.9. The fourth-order valence-corrected chi connectivity index (χ4v) is 2.10. The van der Waals surface area contributed by atoms with Crippen LogP contribution in [0.1, 0.15) is 34.1 Å². The maximum atomic E-state index is 12.0. The number of rotatable bonds is 0. The number of carbonyl (C=O) groups excluding carboxylic acids is 1. The Morgan fingerprint density at radius 2 is 1.88 bits per heavy atom. The average Bonchev–Trinajstić information content (AvgIpc) is 2.38. The Labute approximate surface area is 100 Å². The normalized spacial score (nSPS) is 33.5. The van der Waals surface area contributed by atoms with Gasteiger partial charge in [0, 0.05) is 6.42 Å². The molecule has 0 saturated carbocycles. The second-order valence-electron chi connectivity index (χ2n) is 5.55. The average molecular weight is 246 g/mol. The molecule has 98 valence electrons. The van der Waals surface area contributed by atoms with Crippen molar-refractivity contribution in [2.45, 2.75) is 51.9 Å². The van der Waals surface area contributed by atoms with Crippen LogP contribution in [-0.4, -0.2) is 51.2 Å². The Morgan fingerprint density at radius 3 is 2.18 bits per heavy atom. The number of carboxylic acid groups (broad SMARTS) is 1. The van der Waals surface area contributed by atoms with Gasteiger partial charge in [0.05, 0.1) is 0 Å². The van der Waals surface area contributed by atoms with Gasteiger partial charge in [0.1, 0.15) is 24.3 Å². The minimum absolute atomic E-state index is 0.134. The van der Waals surface area contributed by atoms with Gasteiger partial charge in [0.2, 0.25) is 0 Å². The minimum Gasteiger partial charge on any atom is -0.435 e. The predicted molar refractivity (Wildman–Crippen MR) is 59.5 cm³/mol. The number of aliphatic hydroxyl groups is 1. The van der Waals surface area contributed by atoms with Crippen LogP contribution in [0.5, 0.6) is 0 Å². The first-order chi connectivity index (χ1) is 7.59. The van der Waals surface area contributed by atoms with Gasteiger partial charge < -0.3 is 14.9 Å². The summed E-state index contributed by atoms with van der Waals surface area (Å²) in [7, 11) is 0. The number of imide groups is 1. The van der Waals surface area contributed by atoms with E-state index >= 15 is 0 Å². The summed E-state index contributed by atoms with van der Waals surface area (Å²) in [6.45, 7) is 6.54. The highest BCUT2D eigenvalue weighted by Gasteiger charge is 2.58. The molecule has 1 aliphatic heterocycles. The van der Waals surface area contributed by atoms with Crippen LogP contribution in [-0.2, 0) is 4.74 Å². The third-order valence-electron chi connectivity index (χ3n) is 2.93. The van der Waals surface area contributed by atoms with Gasteiger partial charge in [-0.1, -0.05) is 0 Å². The fraction of sp³-hybridized carbons (Fsp3) is 0.818. The van der Waals surface area contributed by atoms with E-state index in [0.717, 1.165) is 0 Å². The summed E-state index contributed by atoms with van der Waals surface area (Å²) < 4.78 is 4.30. The number of ether oxygens (including phenoxy) is 1. The van der Waals surface area contributed by atoms with E-state index < -0.39 is 34.4 Å². The molecule has 0 bridgehead atoms. The summed E-state index contributed by atoms with van der Waals surface area (Å²) >= 11 is 0. The molecule has 0 radical (unpaired) electrons. The Kier molecular flexibility index (Phi) is 3.50. The van der Waals surface area contributed by atoms with Gasteiger partial charge in [0.15, 0.2) is 0 Å². The van der Waals surface area contributed by atoms with E-state index in [1.54, 1.807) is 27.7 Å². The molecule has 0 spiro atoms. The summed E-state index contributed by atoms with van der Waals surface area (Å²) in [5.41, 5.74) is -0.745. The van der Waals surface area contributed by atoms with Crippen LogP contribution in [0, 0.1) is 0 Å². The van der Waals surface area contributed by atoms with Crippen molar-refractivity contribution in [3.8, 4) is 0 Å². The monoisotopic (exact) mass is 246 g/mol. The number of amides is 2. The van der Waals surface area contributed by atoms with E-state index in [-0.39, 0.29) is 13.0 Å².